The highest BCUT2D eigenvalue weighted by Crippen LogP contribution is 2.19. The van der Waals surface area contributed by atoms with Crippen LogP contribution in [0.1, 0.15) is 45.7 Å². The fourth-order valence-corrected chi connectivity index (χ4v) is 2.82. The summed E-state index contributed by atoms with van der Waals surface area (Å²) in [5, 5.41) is 3.09. The smallest absolute Gasteiger partial charge is 0.340 e. The van der Waals surface area contributed by atoms with Gasteiger partial charge in [-0.1, -0.05) is 32.4 Å². The average molecular weight is 395 g/mol. The quantitative estimate of drug-likeness (QED) is 0.460. The summed E-state index contributed by atoms with van der Waals surface area (Å²) in [4.78, 5) is 41.0. The Morgan fingerprint density at radius 2 is 1.92 bits per heavy atom. The van der Waals surface area contributed by atoms with Gasteiger partial charge in [0.1, 0.15) is 5.15 Å². The number of rotatable bonds is 6. The Bertz CT molecular complexity index is 809. The SMILES string of the molecule is CC(C)(C)C(=O)NCc1ccc(C(=O)COC(=O)c2ccc(Cl)nc2)s1. The number of ether oxygens (including phenoxy) is 1. The lowest BCUT2D eigenvalue weighted by molar-refractivity contribution is -0.128. The van der Waals surface area contributed by atoms with E-state index in [9.17, 15) is 14.4 Å². The predicted molar refractivity (Wildman–Crippen MR) is 99.5 cm³/mol. The molecule has 0 radical (unpaired) electrons. The first-order valence-electron chi connectivity index (χ1n) is 7.85. The minimum Gasteiger partial charge on any atom is -0.454 e. The van der Waals surface area contributed by atoms with E-state index in [1.54, 1.807) is 12.1 Å². The Morgan fingerprint density at radius 3 is 2.54 bits per heavy atom. The number of esters is 1. The number of carbonyl (C=O) groups is 3. The van der Waals surface area contributed by atoms with E-state index in [1.807, 2.05) is 20.8 Å². The predicted octanol–water partition coefficient (Wildman–Crippen LogP) is 3.50. The maximum Gasteiger partial charge on any atom is 0.340 e. The molecule has 2 aromatic rings. The molecule has 6 nitrogen and oxygen atoms in total. The van der Waals surface area contributed by atoms with E-state index >= 15 is 0 Å². The first-order chi connectivity index (χ1) is 12.2. The Labute approximate surface area is 160 Å². The van der Waals surface area contributed by atoms with Gasteiger partial charge in [0, 0.05) is 16.5 Å². The minimum absolute atomic E-state index is 0.0655. The van der Waals surface area contributed by atoms with Gasteiger partial charge in [-0.25, -0.2) is 9.78 Å². The highest BCUT2D eigenvalue weighted by atomic mass is 35.5. The highest BCUT2D eigenvalue weighted by Gasteiger charge is 2.21. The third kappa shape index (κ3) is 5.64. The van der Waals surface area contributed by atoms with Crippen molar-refractivity contribution < 1.29 is 19.1 Å². The van der Waals surface area contributed by atoms with Crippen molar-refractivity contribution in [3.8, 4) is 0 Å². The molecular formula is C18H19ClN2O4S. The van der Waals surface area contributed by atoms with Gasteiger partial charge >= 0.3 is 5.97 Å². The van der Waals surface area contributed by atoms with Crippen molar-refractivity contribution in [1.82, 2.24) is 10.3 Å². The maximum absolute atomic E-state index is 12.2. The molecule has 0 atom stereocenters. The first kappa shape index (κ1) is 20.1. The molecule has 0 saturated carbocycles. The van der Waals surface area contributed by atoms with Crippen LogP contribution in [0, 0.1) is 5.41 Å². The summed E-state index contributed by atoms with van der Waals surface area (Å²) in [6.45, 7) is 5.48. The van der Waals surface area contributed by atoms with Gasteiger partial charge in [0.25, 0.3) is 0 Å². The van der Waals surface area contributed by atoms with Gasteiger partial charge < -0.3 is 10.1 Å². The van der Waals surface area contributed by atoms with Crippen LogP contribution in [-0.2, 0) is 16.1 Å². The molecule has 0 aliphatic heterocycles. The van der Waals surface area contributed by atoms with Crippen molar-refractivity contribution in [3.63, 3.8) is 0 Å². The van der Waals surface area contributed by atoms with E-state index < -0.39 is 11.4 Å². The highest BCUT2D eigenvalue weighted by molar-refractivity contribution is 7.14. The van der Waals surface area contributed by atoms with E-state index in [4.69, 9.17) is 16.3 Å². The summed E-state index contributed by atoms with van der Waals surface area (Å²) < 4.78 is 5.00. The number of amides is 1. The second kappa shape index (κ2) is 8.42. The molecule has 26 heavy (non-hydrogen) atoms. The van der Waals surface area contributed by atoms with Gasteiger partial charge in [0.2, 0.25) is 11.7 Å². The van der Waals surface area contributed by atoms with Crippen LogP contribution in [0.4, 0.5) is 0 Å². The van der Waals surface area contributed by atoms with E-state index in [0.717, 1.165) is 4.88 Å². The standard InChI is InChI=1S/C18H19ClN2O4S/c1-18(2,3)17(24)21-9-12-5-6-14(26-12)13(22)10-25-16(23)11-4-7-15(19)20-8-11/h4-8H,9-10H2,1-3H3,(H,21,24). The van der Waals surface area contributed by atoms with Crippen LogP contribution in [0.5, 0.6) is 0 Å². The summed E-state index contributed by atoms with van der Waals surface area (Å²) in [5.41, 5.74) is -0.250. The van der Waals surface area contributed by atoms with Gasteiger partial charge in [0.05, 0.1) is 17.0 Å². The zero-order valence-corrected chi connectivity index (χ0v) is 16.2. The van der Waals surface area contributed by atoms with Gasteiger partial charge in [-0.2, -0.15) is 0 Å². The zero-order valence-electron chi connectivity index (χ0n) is 14.7. The van der Waals surface area contributed by atoms with Crippen LogP contribution in [0.15, 0.2) is 30.5 Å². The number of nitrogens with one attached hydrogen (secondary N) is 1. The molecule has 2 rings (SSSR count). The molecule has 0 spiro atoms. The largest absolute Gasteiger partial charge is 0.454 e. The number of thiophene rings is 1. The van der Waals surface area contributed by atoms with Crippen LogP contribution in [0.25, 0.3) is 0 Å². The van der Waals surface area contributed by atoms with Crippen molar-refractivity contribution in [3.05, 3.63) is 50.9 Å². The van der Waals surface area contributed by atoms with Crippen LogP contribution >= 0.6 is 22.9 Å². The summed E-state index contributed by atoms with van der Waals surface area (Å²) in [6.07, 6.45) is 1.29. The average Bonchev–Trinajstić information content (AvgIpc) is 3.06. The van der Waals surface area contributed by atoms with E-state index in [0.29, 0.717) is 11.4 Å². The molecule has 0 saturated heterocycles. The maximum atomic E-state index is 12.2. The van der Waals surface area contributed by atoms with Crippen LogP contribution in [0.2, 0.25) is 5.15 Å². The summed E-state index contributed by atoms with van der Waals surface area (Å²) >= 11 is 6.91. The van der Waals surface area contributed by atoms with Crippen LogP contribution in [0.3, 0.4) is 0 Å². The molecule has 2 heterocycles. The molecule has 0 aliphatic carbocycles. The molecule has 1 amide bonds. The van der Waals surface area contributed by atoms with Crippen molar-refractivity contribution >= 4 is 40.6 Å². The number of aromatic nitrogens is 1. The number of Topliss-reactive ketones (excluding diaryl/α,β-unsaturated/α-hetero) is 1. The molecule has 0 aromatic carbocycles. The van der Waals surface area contributed by atoms with E-state index in [1.165, 1.54) is 29.7 Å². The zero-order chi connectivity index (χ0) is 19.3. The van der Waals surface area contributed by atoms with Gasteiger partial charge in [-0.05, 0) is 24.3 Å². The number of hydrogen-bond donors (Lipinski definition) is 1. The van der Waals surface area contributed by atoms with Gasteiger partial charge in [-0.15, -0.1) is 11.3 Å². The molecule has 1 N–H and O–H groups in total. The number of ketones is 1. The fourth-order valence-electron chi connectivity index (χ4n) is 1.84. The molecule has 0 bridgehead atoms. The molecule has 0 aliphatic rings. The minimum atomic E-state index is -0.642. The topological polar surface area (TPSA) is 85.4 Å². The second-order valence-electron chi connectivity index (χ2n) is 6.57. The van der Waals surface area contributed by atoms with Crippen molar-refractivity contribution in [2.45, 2.75) is 27.3 Å². The number of halogens is 1. The Hall–Kier alpha value is -2.25. The lowest BCUT2D eigenvalue weighted by Crippen LogP contribution is -2.34. The number of pyridine rings is 1. The summed E-state index contributed by atoms with van der Waals surface area (Å²) in [6, 6.07) is 6.37. The molecule has 2 aromatic heterocycles. The van der Waals surface area contributed by atoms with Crippen molar-refractivity contribution in [1.29, 1.82) is 0 Å². The lowest BCUT2D eigenvalue weighted by Gasteiger charge is -2.17. The summed E-state index contributed by atoms with van der Waals surface area (Å²) in [7, 11) is 0. The van der Waals surface area contributed by atoms with Crippen LogP contribution < -0.4 is 5.32 Å². The summed E-state index contributed by atoms with van der Waals surface area (Å²) in [5.74, 6) is -1.01. The Kier molecular flexibility index (Phi) is 6.50. The number of hydrogen-bond acceptors (Lipinski definition) is 6. The van der Waals surface area contributed by atoms with Gasteiger partial charge in [0.15, 0.2) is 6.61 Å². The monoisotopic (exact) mass is 394 g/mol. The van der Waals surface area contributed by atoms with Gasteiger partial charge in [-0.3, -0.25) is 9.59 Å². The first-order valence-corrected chi connectivity index (χ1v) is 9.05. The molecule has 0 fully saturated rings. The Morgan fingerprint density at radius 1 is 1.19 bits per heavy atom. The molecule has 8 heteroatoms. The molecular weight excluding hydrogens is 376 g/mol. The van der Waals surface area contributed by atoms with Crippen LogP contribution in [-0.4, -0.2) is 29.3 Å². The van der Waals surface area contributed by atoms with E-state index in [-0.39, 0.29) is 29.0 Å². The third-order valence-electron chi connectivity index (χ3n) is 3.34. The normalized spacial score (nSPS) is 11.1. The fraction of sp³-hybridized carbons (Fsp3) is 0.333. The second-order valence-corrected chi connectivity index (χ2v) is 8.12. The number of carbonyl (C=O) groups excluding carboxylic acids is 3. The van der Waals surface area contributed by atoms with Crippen molar-refractivity contribution in [2.24, 2.45) is 5.41 Å². The Balaban J connectivity index is 1.86. The number of nitrogens with zero attached hydrogens (tertiary/aromatic N) is 1. The molecule has 138 valence electrons. The molecule has 0 unspecified atom stereocenters. The lowest BCUT2D eigenvalue weighted by atomic mass is 9.96. The van der Waals surface area contributed by atoms with Crippen molar-refractivity contribution in [2.75, 3.05) is 6.61 Å². The van der Waals surface area contributed by atoms with E-state index in [2.05, 4.69) is 10.3 Å². The third-order valence-corrected chi connectivity index (χ3v) is 4.69.